The summed E-state index contributed by atoms with van der Waals surface area (Å²) in [5.41, 5.74) is 12.5. The summed E-state index contributed by atoms with van der Waals surface area (Å²) in [6, 6.07) is 7.39. The second-order valence-corrected chi connectivity index (χ2v) is 3.24. The van der Waals surface area contributed by atoms with Gasteiger partial charge in [-0.05, 0) is 12.5 Å². The SMILES string of the molecule is NC1CC(c2ccccc2O)NN1. The Balaban J connectivity index is 2.21. The highest BCUT2D eigenvalue weighted by atomic mass is 16.3. The molecular formula is C9H13N3O. The van der Waals surface area contributed by atoms with E-state index in [2.05, 4.69) is 10.9 Å². The van der Waals surface area contributed by atoms with Gasteiger partial charge in [0.1, 0.15) is 5.75 Å². The molecule has 0 saturated carbocycles. The molecule has 2 rings (SSSR count). The molecular weight excluding hydrogens is 166 g/mol. The van der Waals surface area contributed by atoms with Crippen LogP contribution in [0, 0.1) is 0 Å². The van der Waals surface area contributed by atoms with Gasteiger partial charge >= 0.3 is 0 Å². The van der Waals surface area contributed by atoms with Gasteiger partial charge in [-0.1, -0.05) is 18.2 Å². The number of aromatic hydroxyl groups is 1. The van der Waals surface area contributed by atoms with E-state index in [4.69, 9.17) is 5.73 Å². The molecule has 1 saturated heterocycles. The van der Waals surface area contributed by atoms with E-state index in [1.165, 1.54) is 0 Å². The Hall–Kier alpha value is -1.10. The maximum Gasteiger partial charge on any atom is 0.120 e. The van der Waals surface area contributed by atoms with E-state index in [0.717, 1.165) is 12.0 Å². The molecule has 1 aliphatic heterocycles. The third-order valence-corrected chi connectivity index (χ3v) is 2.24. The predicted octanol–water partition coefficient (Wildman–Crippen LogP) is 0.216. The first-order valence-corrected chi connectivity index (χ1v) is 4.32. The second kappa shape index (κ2) is 3.33. The van der Waals surface area contributed by atoms with Crippen molar-refractivity contribution in [3.63, 3.8) is 0 Å². The molecule has 4 nitrogen and oxygen atoms in total. The number of para-hydroxylation sites is 1. The van der Waals surface area contributed by atoms with E-state index in [1.807, 2.05) is 12.1 Å². The molecule has 0 aromatic heterocycles. The number of hydrazine groups is 1. The highest BCUT2D eigenvalue weighted by Gasteiger charge is 2.23. The minimum Gasteiger partial charge on any atom is -0.508 e. The summed E-state index contributed by atoms with van der Waals surface area (Å²) in [6.07, 6.45) is 0.752. The van der Waals surface area contributed by atoms with E-state index in [0.29, 0.717) is 5.75 Å². The molecule has 13 heavy (non-hydrogen) atoms. The molecule has 4 heteroatoms. The quantitative estimate of drug-likeness (QED) is 0.497. The van der Waals surface area contributed by atoms with Crippen LogP contribution in [0.25, 0.3) is 0 Å². The number of hydrogen-bond acceptors (Lipinski definition) is 4. The van der Waals surface area contributed by atoms with Gasteiger partial charge in [0.15, 0.2) is 0 Å². The zero-order valence-electron chi connectivity index (χ0n) is 7.20. The zero-order chi connectivity index (χ0) is 9.26. The number of benzene rings is 1. The third-order valence-electron chi connectivity index (χ3n) is 2.24. The van der Waals surface area contributed by atoms with Crippen LogP contribution in [0.2, 0.25) is 0 Å². The topological polar surface area (TPSA) is 70.3 Å². The smallest absolute Gasteiger partial charge is 0.120 e. The fourth-order valence-electron chi connectivity index (χ4n) is 1.57. The molecule has 1 aliphatic rings. The Morgan fingerprint density at radius 2 is 2.08 bits per heavy atom. The molecule has 1 aromatic carbocycles. The average Bonchev–Trinajstić information content (AvgIpc) is 2.53. The van der Waals surface area contributed by atoms with Crippen LogP contribution in [0.1, 0.15) is 18.0 Å². The fraction of sp³-hybridized carbons (Fsp3) is 0.333. The number of hydrogen-bond donors (Lipinski definition) is 4. The first-order chi connectivity index (χ1) is 6.27. The minimum atomic E-state index is -0.0374. The second-order valence-electron chi connectivity index (χ2n) is 3.24. The molecule has 2 unspecified atom stereocenters. The largest absolute Gasteiger partial charge is 0.508 e. The lowest BCUT2D eigenvalue weighted by molar-refractivity contribution is 0.453. The van der Waals surface area contributed by atoms with E-state index < -0.39 is 0 Å². The maximum atomic E-state index is 9.55. The van der Waals surface area contributed by atoms with Crippen LogP contribution in [0.4, 0.5) is 0 Å². The van der Waals surface area contributed by atoms with Gasteiger partial charge < -0.3 is 10.8 Å². The van der Waals surface area contributed by atoms with Gasteiger partial charge in [-0.2, -0.15) is 0 Å². The summed E-state index contributed by atoms with van der Waals surface area (Å²) in [7, 11) is 0. The van der Waals surface area contributed by atoms with E-state index in [-0.39, 0.29) is 12.2 Å². The number of phenolic OH excluding ortho intramolecular Hbond substituents is 1. The first kappa shape index (κ1) is 8.50. The molecule has 0 bridgehead atoms. The van der Waals surface area contributed by atoms with Gasteiger partial charge in [-0.3, -0.25) is 0 Å². The average molecular weight is 179 g/mol. The van der Waals surface area contributed by atoms with Crippen LogP contribution in [0.5, 0.6) is 5.75 Å². The molecule has 5 N–H and O–H groups in total. The van der Waals surface area contributed by atoms with Gasteiger partial charge in [0, 0.05) is 5.56 Å². The normalized spacial score (nSPS) is 27.8. The third kappa shape index (κ3) is 1.65. The fourth-order valence-corrected chi connectivity index (χ4v) is 1.57. The highest BCUT2D eigenvalue weighted by molar-refractivity contribution is 5.34. The van der Waals surface area contributed by atoms with Crippen molar-refractivity contribution in [3.8, 4) is 5.75 Å². The molecule has 0 radical (unpaired) electrons. The van der Waals surface area contributed by atoms with Gasteiger partial charge in [-0.25, -0.2) is 10.9 Å². The first-order valence-electron chi connectivity index (χ1n) is 4.32. The Bertz CT molecular complexity index is 303. The minimum absolute atomic E-state index is 0.0374. The van der Waals surface area contributed by atoms with Gasteiger partial charge in [0.2, 0.25) is 0 Å². The van der Waals surface area contributed by atoms with Crippen molar-refractivity contribution in [1.29, 1.82) is 0 Å². The Kier molecular flexibility index (Phi) is 2.18. The van der Waals surface area contributed by atoms with Crippen molar-refractivity contribution in [1.82, 2.24) is 10.9 Å². The lowest BCUT2D eigenvalue weighted by atomic mass is 10.0. The molecule has 1 fully saturated rings. The Morgan fingerprint density at radius 1 is 1.31 bits per heavy atom. The van der Waals surface area contributed by atoms with Crippen molar-refractivity contribution in [2.24, 2.45) is 5.73 Å². The molecule has 1 aromatic rings. The summed E-state index contributed by atoms with van der Waals surface area (Å²) < 4.78 is 0. The van der Waals surface area contributed by atoms with Crippen molar-refractivity contribution in [3.05, 3.63) is 29.8 Å². The van der Waals surface area contributed by atoms with E-state index in [1.54, 1.807) is 12.1 Å². The van der Waals surface area contributed by atoms with E-state index in [9.17, 15) is 5.11 Å². The summed E-state index contributed by atoms with van der Waals surface area (Å²) in [5.74, 6) is 0.316. The highest BCUT2D eigenvalue weighted by Crippen LogP contribution is 2.27. The number of nitrogens with two attached hydrogens (primary N) is 1. The van der Waals surface area contributed by atoms with Crippen molar-refractivity contribution < 1.29 is 5.11 Å². The summed E-state index contributed by atoms with van der Waals surface area (Å²) >= 11 is 0. The van der Waals surface area contributed by atoms with E-state index >= 15 is 0 Å². The summed E-state index contributed by atoms with van der Waals surface area (Å²) in [5, 5.41) is 9.55. The lowest BCUT2D eigenvalue weighted by Gasteiger charge is -2.10. The van der Waals surface area contributed by atoms with Crippen molar-refractivity contribution in [2.75, 3.05) is 0 Å². The molecule has 70 valence electrons. The monoisotopic (exact) mass is 179 g/mol. The Labute approximate surface area is 76.7 Å². The van der Waals surface area contributed by atoms with Crippen LogP contribution >= 0.6 is 0 Å². The van der Waals surface area contributed by atoms with Crippen LogP contribution < -0.4 is 16.6 Å². The van der Waals surface area contributed by atoms with Crippen LogP contribution in [0.3, 0.4) is 0 Å². The number of nitrogens with one attached hydrogen (secondary N) is 2. The van der Waals surface area contributed by atoms with Gasteiger partial charge in [0.05, 0.1) is 12.2 Å². The summed E-state index contributed by atoms with van der Waals surface area (Å²) in [4.78, 5) is 0. The van der Waals surface area contributed by atoms with Crippen LogP contribution in [0.15, 0.2) is 24.3 Å². The lowest BCUT2D eigenvalue weighted by Crippen LogP contribution is -2.36. The van der Waals surface area contributed by atoms with Crippen molar-refractivity contribution in [2.45, 2.75) is 18.6 Å². The maximum absolute atomic E-state index is 9.55. The molecule has 0 amide bonds. The van der Waals surface area contributed by atoms with Gasteiger partial charge in [0.25, 0.3) is 0 Å². The number of phenols is 1. The van der Waals surface area contributed by atoms with Crippen LogP contribution in [-0.2, 0) is 0 Å². The summed E-state index contributed by atoms with van der Waals surface area (Å²) in [6.45, 7) is 0. The molecule has 0 spiro atoms. The van der Waals surface area contributed by atoms with Crippen LogP contribution in [-0.4, -0.2) is 11.3 Å². The molecule has 1 heterocycles. The van der Waals surface area contributed by atoms with Crippen molar-refractivity contribution >= 4 is 0 Å². The number of rotatable bonds is 1. The Morgan fingerprint density at radius 3 is 2.69 bits per heavy atom. The van der Waals surface area contributed by atoms with Gasteiger partial charge in [-0.15, -0.1) is 0 Å². The standard InChI is InChI=1S/C9H13N3O/c10-9-5-7(11-12-9)6-3-1-2-4-8(6)13/h1-4,7,9,11-13H,5,10H2. The predicted molar refractivity (Wildman–Crippen MR) is 49.7 cm³/mol. The molecule has 2 atom stereocenters. The zero-order valence-corrected chi connectivity index (χ0v) is 7.20. The molecule has 0 aliphatic carbocycles.